The minimum Gasteiger partial charge on any atom is -0.363 e. The second-order valence-electron chi connectivity index (χ2n) is 12.9. The van der Waals surface area contributed by atoms with Crippen LogP contribution in [0.2, 0.25) is 0 Å². The Bertz CT molecular complexity index is 1810. The van der Waals surface area contributed by atoms with Gasteiger partial charge in [-0.15, -0.1) is 0 Å². The monoisotopic (exact) mass is 660 g/mol. The van der Waals surface area contributed by atoms with E-state index in [2.05, 4.69) is 25.5 Å². The summed E-state index contributed by atoms with van der Waals surface area (Å²) in [4.78, 5) is 38.2. The molecular weight excluding hydrogens is 621 g/mol. The van der Waals surface area contributed by atoms with Crippen molar-refractivity contribution in [3.63, 3.8) is 0 Å². The number of benzene rings is 1. The Balaban J connectivity index is 1.45. The van der Waals surface area contributed by atoms with Gasteiger partial charge in [-0.1, -0.05) is 18.2 Å². The predicted molar refractivity (Wildman–Crippen MR) is 168 cm³/mol. The molecule has 4 aliphatic rings. The quantitative estimate of drug-likeness (QED) is 0.401. The summed E-state index contributed by atoms with van der Waals surface area (Å²) in [5.74, 6) is -4.91. The number of nitrogens with one attached hydrogen (secondary N) is 2. The van der Waals surface area contributed by atoms with Gasteiger partial charge in [-0.2, -0.15) is 0 Å². The molecule has 2 fully saturated rings. The summed E-state index contributed by atoms with van der Waals surface area (Å²) in [5, 5.41) is 6.42. The lowest BCUT2D eigenvalue weighted by Crippen LogP contribution is -2.48. The van der Waals surface area contributed by atoms with Gasteiger partial charge in [-0.3, -0.25) is 14.2 Å². The average Bonchev–Trinajstić information content (AvgIpc) is 2.96. The molecule has 7 rings (SSSR count). The second-order valence-corrected chi connectivity index (χ2v) is 15.2. The van der Waals surface area contributed by atoms with Crippen LogP contribution in [0.5, 0.6) is 0 Å². The zero-order chi connectivity index (χ0) is 32.8. The van der Waals surface area contributed by atoms with Crippen LogP contribution in [0.25, 0.3) is 11.0 Å². The van der Waals surface area contributed by atoms with Gasteiger partial charge in [0.15, 0.2) is 0 Å². The van der Waals surface area contributed by atoms with E-state index in [9.17, 15) is 18.0 Å². The Morgan fingerprint density at radius 1 is 1.04 bits per heavy atom. The van der Waals surface area contributed by atoms with Crippen molar-refractivity contribution in [2.45, 2.75) is 70.4 Å². The summed E-state index contributed by atoms with van der Waals surface area (Å²) in [6.45, 7) is 5.06. The summed E-state index contributed by atoms with van der Waals surface area (Å²) >= 11 is 0. The molecule has 10 nitrogen and oxygen atoms in total. The maximum absolute atomic E-state index is 15.9. The summed E-state index contributed by atoms with van der Waals surface area (Å²) in [6.07, 6.45) is 1.49. The third-order valence-corrected chi connectivity index (χ3v) is 11.1. The Hall–Kier alpha value is -3.52. The number of aromatic nitrogens is 3. The molecule has 248 valence electrons. The number of fused-ring (bicyclic) bond motifs is 8. The first kappa shape index (κ1) is 32.4. The Morgan fingerprint density at radius 3 is 2.52 bits per heavy atom. The number of carbonyl (C=O) groups excluding carboxylic acids is 1. The number of halogens is 3. The van der Waals surface area contributed by atoms with Gasteiger partial charge < -0.3 is 15.5 Å². The van der Waals surface area contributed by atoms with E-state index in [0.29, 0.717) is 43.5 Å². The normalized spacial score (nSPS) is 25.6. The Labute approximate surface area is 265 Å². The molecule has 8 bridgehead atoms. The van der Waals surface area contributed by atoms with Crippen molar-refractivity contribution in [3.8, 4) is 0 Å². The smallest absolute Gasteiger partial charge is 0.276 e. The number of nitrogens with zero attached hydrogens (tertiary/aromatic N) is 4. The summed E-state index contributed by atoms with van der Waals surface area (Å²) in [7, 11) is -3.20. The fourth-order valence-electron chi connectivity index (χ4n) is 6.92. The van der Waals surface area contributed by atoms with E-state index in [4.69, 9.17) is 0 Å². The van der Waals surface area contributed by atoms with Gasteiger partial charge >= 0.3 is 0 Å². The fourth-order valence-corrected chi connectivity index (χ4v) is 8.41. The molecule has 0 aliphatic carbocycles. The molecule has 6 heterocycles. The zero-order valence-electron chi connectivity index (χ0n) is 26.0. The minimum absolute atomic E-state index is 0.0353. The van der Waals surface area contributed by atoms with E-state index in [0.717, 1.165) is 12.5 Å². The number of amides is 1. The van der Waals surface area contributed by atoms with Gasteiger partial charge in [-0.25, -0.2) is 31.6 Å². The lowest BCUT2D eigenvalue weighted by molar-refractivity contribution is -0.121. The number of anilines is 1. The molecular formula is C32H39F3N6O4S. The molecule has 0 unspecified atom stereocenters. The SMILES string of the molecule is Cc1nc2c3cc(C4CCS(=O)(=O)CC4)c(=O)n(c3n1)CC(=O)NCCCCN1CC(C1)CC(F)(F)c1cccc(c1F)[C@H](C)N2. The number of carbonyl (C=O) groups is 1. The van der Waals surface area contributed by atoms with Crippen molar-refractivity contribution in [2.24, 2.45) is 5.92 Å². The number of pyridine rings is 1. The number of hydrogen-bond donors (Lipinski definition) is 2. The van der Waals surface area contributed by atoms with E-state index >= 15 is 13.2 Å². The molecule has 3 aromatic rings. The van der Waals surface area contributed by atoms with Gasteiger partial charge in [-0.05, 0) is 64.0 Å². The largest absolute Gasteiger partial charge is 0.363 e. The van der Waals surface area contributed by atoms with Crippen LogP contribution in [0.15, 0.2) is 29.1 Å². The molecule has 2 saturated heterocycles. The highest BCUT2D eigenvalue weighted by Crippen LogP contribution is 2.40. The van der Waals surface area contributed by atoms with E-state index in [1.165, 1.54) is 16.7 Å². The summed E-state index contributed by atoms with van der Waals surface area (Å²) < 4.78 is 72.4. The van der Waals surface area contributed by atoms with E-state index in [1.807, 2.05) is 0 Å². The third-order valence-electron chi connectivity index (χ3n) is 9.42. The molecule has 14 heteroatoms. The average molecular weight is 661 g/mol. The lowest BCUT2D eigenvalue weighted by Gasteiger charge is -2.41. The molecule has 4 aliphatic heterocycles. The highest BCUT2D eigenvalue weighted by molar-refractivity contribution is 7.91. The van der Waals surface area contributed by atoms with Crippen molar-refractivity contribution >= 4 is 32.6 Å². The minimum atomic E-state index is -3.35. The maximum Gasteiger partial charge on any atom is 0.276 e. The Kier molecular flexibility index (Phi) is 8.87. The van der Waals surface area contributed by atoms with Crippen molar-refractivity contribution in [3.05, 3.63) is 63.0 Å². The van der Waals surface area contributed by atoms with Crippen LogP contribution >= 0.6 is 0 Å². The molecule has 46 heavy (non-hydrogen) atoms. The van der Waals surface area contributed by atoms with E-state index < -0.39 is 45.2 Å². The Morgan fingerprint density at radius 2 is 1.78 bits per heavy atom. The van der Waals surface area contributed by atoms with Gasteiger partial charge in [0.1, 0.15) is 39.5 Å². The first-order valence-electron chi connectivity index (χ1n) is 15.9. The molecule has 1 amide bonds. The van der Waals surface area contributed by atoms with Crippen LogP contribution in [-0.4, -0.2) is 71.4 Å². The van der Waals surface area contributed by atoms with Crippen molar-refractivity contribution in [2.75, 3.05) is 43.0 Å². The van der Waals surface area contributed by atoms with Crippen molar-refractivity contribution in [1.82, 2.24) is 24.8 Å². The summed E-state index contributed by atoms with van der Waals surface area (Å²) in [5.41, 5.74) is -0.505. The van der Waals surface area contributed by atoms with Crippen LogP contribution in [0.3, 0.4) is 0 Å². The third kappa shape index (κ3) is 6.64. The van der Waals surface area contributed by atoms with Gasteiger partial charge in [0.05, 0.1) is 28.5 Å². The number of sulfone groups is 1. The first-order valence-corrected chi connectivity index (χ1v) is 17.7. The molecule has 2 aromatic heterocycles. The highest BCUT2D eigenvalue weighted by atomic mass is 32.2. The van der Waals surface area contributed by atoms with Gasteiger partial charge in [0, 0.05) is 37.2 Å². The second kappa shape index (κ2) is 12.6. The zero-order valence-corrected chi connectivity index (χ0v) is 26.8. The van der Waals surface area contributed by atoms with Gasteiger partial charge in [0.2, 0.25) is 5.91 Å². The van der Waals surface area contributed by atoms with E-state index in [-0.39, 0.29) is 71.5 Å². The number of rotatable bonds is 1. The molecule has 0 saturated carbocycles. The van der Waals surface area contributed by atoms with Crippen LogP contribution in [0.4, 0.5) is 19.0 Å². The topological polar surface area (TPSA) is 126 Å². The van der Waals surface area contributed by atoms with E-state index in [1.54, 1.807) is 19.9 Å². The number of hydrogen-bond acceptors (Lipinski definition) is 8. The fraction of sp³-hybridized carbons (Fsp3) is 0.562. The van der Waals surface area contributed by atoms with Crippen molar-refractivity contribution in [1.29, 1.82) is 0 Å². The standard InChI is InChI=1S/C32H39F3N6O4S/c1-19-23-6-5-7-26(28(23)33)32(34,35)15-21-16-40(17-21)11-4-3-10-36-27(42)18-41-30-25(29(37-19)38-20(2)39-30)14-24(31(41)43)22-8-12-46(44,45)13-9-22/h5-7,14,19,21-22H,3-4,8-13,15-18H2,1-2H3,(H,36,42)(H,37,38,39)/t19-/m0/s1. The highest BCUT2D eigenvalue weighted by Gasteiger charge is 2.41. The molecule has 2 N–H and O–H groups in total. The van der Waals surface area contributed by atoms with Crippen LogP contribution in [0, 0.1) is 18.7 Å². The number of alkyl halides is 2. The lowest BCUT2D eigenvalue weighted by atomic mass is 9.88. The molecule has 1 aromatic carbocycles. The molecule has 0 radical (unpaired) electrons. The molecule has 1 atom stereocenters. The molecule has 0 spiro atoms. The van der Waals surface area contributed by atoms with Crippen LogP contribution < -0.4 is 16.2 Å². The first-order chi connectivity index (χ1) is 21.8. The van der Waals surface area contributed by atoms with Crippen LogP contribution in [-0.2, 0) is 27.1 Å². The van der Waals surface area contributed by atoms with Crippen molar-refractivity contribution < 1.29 is 26.4 Å². The number of aryl methyl sites for hydroxylation is 1. The van der Waals surface area contributed by atoms with Gasteiger partial charge in [0.25, 0.3) is 11.5 Å². The van der Waals surface area contributed by atoms with Crippen LogP contribution in [0.1, 0.15) is 73.5 Å². The summed E-state index contributed by atoms with van der Waals surface area (Å²) in [6, 6.07) is 4.84. The predicted octanol–water partition coefficient (Wildman–Crippen LogP) is 4.03. The maximum atomic E-state index is 15.9.